The van der Waals surface area contributed by atoms with E-state index in [-0.39, 0.29) is 6.04 Å². The highest BCUT2D eigenvalue weighted by molar-refractivity contribution is 5.53. The minimum atomic E-state index is 0.124. The molecule has 2 rings (SSSR count). The van der Waals surface area contributed by atoms with Gasteiger partial charge in [-0.2, -0.15) is 5.10 Å². The summed E-state index contributed by atoms with van der Waals surface area (Å²) in [5, 5.41) is 17.3. The number of hydrogen-bond donors (Lipinski definition) is 2. The summed E-state index contributed by atoms with van der Waals surface area (Å²) in [5.41, 5.74) is 4.22. The molecule has 0 spiro atoms. The number of anilines is 1. The molecule has 2 aromatic rings. The first kappa shape index (κ1) is 12.5. The Morgan fingerprint density at radius 1 is 1.33 bits per heavy atom. The van der Waals surface area contributed by atoms with Crippen molar-refractivity contribution < 1.29 is 5.11 Å². The van der Waals surface area contributed by atoms with Crippen molar-refractivity contribution in [3.63, 3.8) is 0 Å². The first-order chi connectivity index (χ1) is 8.49. The van der Waals surface area contributed by atoms with Crippen LogP contribution in [-0.2, 0) is 7.05 Å². The Morgan fingerprint density at radius 2 is 2.06 bits per heavy atom. The highest BCUT2D eigenvalue weighted by Gasteiger charge is 2.13. The molecule has 0 aliphatic heterocycles. The number of benzene rings is 1. The molecule has 1 atom stereocenters. The van der Waals surface area contributed by atoms with Crippen molar-refractivity contribution in [2.45, 2.75) is 26.8 Å². The predicted molar refractivity (Wildman–Crippen MR) is 72.8 cm³/mol. The Bertz CT molecular complexity index is 560. The van der Waals surface area contributed by atoms with E-state index < -0.39 is 0 Å². The second-order valence-corrected chi connectivity index (χ2v) is 4.63. The summed E-state index contributed by atoms with van der Waals surface area (Å²) < 4.78 is 1.87. The zero-order valence-electron chi connectivity index (χ0n) is 11.2. The van der Waals surface area contributed by atoms with Crippen LogP contribution in [0.15, 0.2) is 24.3 Å². The molecule has 18 heavy (non-hydrogen) atoms. The van der Waals surface area contributed by atoms with Gasteiger partial charge in [-0.25, -0.2) is 0 Å². The van der Waals surface area contributed by atoms with Crippen LogP contribution in [0.5, 0.6) is 5.75 Å². The quantitative estimate of drug-likeness (QED) is 0.874. The molecule has 0 saturated heterocycles. The van der Waals surface area contributed by atoms with E-state index in [2.05, 4.69) is 17.3 Å². The summed E-state index contributed by atoms with van der Waals surface area (Å²) in [5.74, 6) is 0.292. The van der Waals surface area contributed by atoms with E-state index in [9.17, 15) is 5.11 Å². The normalized spacial score (nSPS) is 12.4. The van der Waals surface area contributed by atoms with Crippen molar-refractivity contribution in [3.05, 3.63) is 41.2 Å². The lowest BCUT2D eigenvalue weighted by Crippen LogP contribution is -2.08. The van der Waals surface area contributed by atoms with Gasteiger partial charge in [-0.3, -0.25) is 4.68 Å². The number of aromatic nitrogens is 2. The molecule has 4 heteroatoms. The third-order valence-electron chi connectivity index (χ3n) is 3.24. The van der Waals surface area contributed by atoms with Gasteiger partial charge in [0.15, 0.2) is 0 Å². The van der Waals surface area contributed by atoms with Crippen molar-refractivity contribution in [3.8, 4) is 5.75 Å². The summed E-state index contributed by atoms with van der Waals surface area (Å²) in [6.45, 7) is 6.10. The molecule has 0 saturated carbocycles. The van der Waals surface area contributed by atoms with Gasteiger partial charge in [0, 0.05) is 13.1 Å². The maximum absolute atomic E-state index is 9.50. The van der Waals surface area contributed by atoms with Crippen molar-refractivity contribution in [2.24, 2.45) is 7.05 Å². The lowest BCUT2D eigenvalue weighted by Gasteiger charge is -2.16. The summed E-state index contributed by atoms with van der Waals surface area (Å²) >= 11 is 0. The topological polar surface area (TPSA) is 50.1 Å². The van der Waals surface area contributed by atoms with Crippen LogP contribution in [0.25, 0.3) is 0 Å². The number of aromatic hydroxyl groups is 1. The molecule has 96 valence electrons. The first-order valence-corrected chi connectivity index (χ1v) is 6.04. The molecule has 0 radical (unpaired) electrons. The lowest BCUT2D eigenvalue weighted by atomic mass is 10.1. The van der Waals surface area contributed by atoms with Crippen molar-refractivity contribution >= 4 is 5.69 Å². The van der Waals surface area contributed by atoms with Gasteiger partial charge in [0.05, 0.1) is 17.1 Å². The van der Waals surface area contributed by atoms with Gasteiger partial charge < -0.3 is 10.4 Å². The van der Waals surface area contributed by atoms with Gasteiger partial charge in [-0.1, -0.05) is 12.1 Å². The van der Waals surface area contributed by atoms with Crippen LogP contribution in [0, 0.1) is 13.8 Å². The van der Waals surface area contributed by atoms with E-state index >= 15 is 0 Å². The fourth-order valence-electron chi connectivity index (χ4n) is 2.08. The molecule has 0 amide bonds. The molecule has 1 aromatic carbocycles. The molecule has 0 fully saturated rings. The molecule has 1 aromatic heterocycles. The molecule has 0 bridgehead atoms. The van der Waals surface area contributed by atoms with Crippen molar-refractivity contribution in [1.82, 2.24) is 9.78 Å². The van der Waals surface area contributed by atoms with E-state index in [1.165, 1.54) is 0 Å². The fraction of sp³-hybridized carbons (Fsp3) is 0.357. The number of phenolic OH excluding ortho intramolecular Hbond substituents is 1. The average molecular weight is 245 g/mol. The molecule has 4 nitrogen and oxygen atoms in total. The Hall–Kier alpha value is -1.97. The van der Waals surface area contributed by atoms with E-state index in [0.717, 1.165) is 22.6 Å². The highest BCUT2D eigenvalue weighted by atomic mass is 16.3. The number of rotatable bonds is 3. The van der Waals surface area contributed by atoms with Gasteiger partial charge in [0.1, 0.15) is 5.75 Å². The van der Waals surface area contributed by atoms with Crippen LogP contribution < -0.4 is 5.32 Å². The van der Waals surface area contributed by atoms with Crippen LogP contribution >= 0.6 is 0 Å². The molecule has 0 aliphatic rings. The summed E-state index contributed by atoms with van der Waals surface area (Å²) in [6, 6.07) is 7.43. The largest absolute Gasteiger partial charge is 0.508 e. The fourth-order valence-corrected chi connectivity index (χ4v) is 2.08. The van der Waals surface area contributed by atoms with Gasteiger partial charge in [0.25, 0.3) is 0 Å². The minimum Gasteiger partial charge on any atom is -0.508 e. The van der Waals surface area contributed by atoms with Crippen LogP contribution in [0.1, 0.15) is 29.9 Å². The van der Waals surface area contributed by atoms with Crippen molar-refractivity contribution in [1.29, 1.82) is 0 Å². The van der Waals surface area contributed by atoms with Crippen LogP contribution in [0.3, 0.4) is 0 Å². The number of aryl methyl sites for hydroxylation is 2. The van der Waals surface area contributed by atoms with E-state index in [0.29, 0.717) is 5.75 Å². The van der Waals surface area contributed by atoms with Gasteiger partial charge in [-0.05, 0) is 38.5 Å². The molecular formula is C14H19N3O. The smallest absolute Gasteiger partial charge is 0.115 e. The minimum absolute atomic E-state index is 0.124. The van der Waals surface area contributed by atoms with Gasteiger partial charge >= 0.3 is 0 Å². The van der Waals surface area contributed by atoms with Crippen LogP contribution in [0.4, 0.5) is 5.69 Å². The van der Waals surface area contributed by atoms with Crippen LogP contribution in [0.2, 0.25) is 0 Å². The van der Waals surface area contributed by atoms with E-state index in [1.54, 1.807) is 12.1 Å². The maximum Gasteiger partial charge on any atom is 0.115 e. The lowest BCUT2D eigenvalue weighted by molar-refractivity contribution is 0.474. The van der Waals surface area contributed by atoms with Crippen LogP contribution in [-0.4, -0.2) is 14.9 Å². The second kappa shape index (κ2) is 4.72. The predicted octanol–water partition coefficient (Wildman–Crippen LogP) is 2.92. The summed E-state index contributed by atoms with van der Waals surface area (Å²) in [4.78, 5) is 0. The highest BCUT2D eigenvalue weighted by Crippen LogP contribution is 2.26. The molecule has 2 N–H and O–H groups in total. The molecule has 0 aliphatic carbocycles. The zero-order valence-corrected chi connectivity index (χ0v) is 11.2. The number of phenols is 1. The second-order valence-electron chi connectivity index (χ2n) is 4.63. The SMILES string of the molecule is Cc1nn(C)c(C)c1NC(C)c1cccc(O)c1. The summed E-state index contributed by atoms with van der Waals surface area (Å²) in [6.07, 6.45) is 0. The first-order valence-electron chi connectivity index (χ1n) is 6.04. The van der Waals surface area contributed by atoms with Gasteiger partial charge in [0.2, 0.25) is 0 Å². The van der Waals surface area contributed by atoms with E-state index in [1.807, 2.05) is 37.7 Å². The van der Waals surface area contributed by atoms with Crippen molar-refractivity contribution in [2.75, 3.05) is 5.32 Å². The zero-order chi connectivity index (χ0) is 13.3. The molecule has 1 heterocycles. The Balaban J connectivity index is 2.24. The number of hydrogen-bond acceptors (Lipinski definition) is 3. The third-order valence-corrected chi connectivity index (χ3v) is 3.24. The van der Waals surface area contributed by atoms with E-state index in [4.69, 9.17) is 0 Å². The third kappa shape index (κ3) is 2.32. The Labute approximate surface area is 107 Å². The van der Waals surface area contributed by atoms with Gasteiger partial charge in [-0.15, -0.1) is 0 Å². The average Bonchev–Trinajstić information content (AvgIpc) is 2.56. The molecule has 1 unspecified atom stereocenters. The monoisotopic (exact) mass is 245 g/mol. The molecular weight excluding hydrogens is 226 g/mol. The summed E-state index contributed by atoms with van der Waals surface area (Å²) in [7, 11) is 1.94. The standard InChI is InChI=1S/C14H19N3O/c1-9(12-6-5-7-13(18)8-12)15-14-10(2)16-17(4)11(14)3/h5-9,15,18H,1-4H3. The Morgan fingerprint density at radius 3 is 2.61 bits per heavy atom. The maximum atomic E-state index is 9.50. The number of nitrogens with one attached hydrogen (secondary N) is 1. The number of nitrogens with zero attached hydrogens (tertiary/aromatic N) is 2. The Kier molecular flexibility index (Phi) is 3.28.